The first-order chi connectivity index (χ1) is 2.00. The summed E-state index contributed by atoms with van der Waals surface area (Å²) in [4.78, 5) is 0. The number of rotatable bonds is 0. The molecule has 0 heterocycles. The molecule has 0 atom stereocenters. The van der Waals surface area contributed by atoms with Gasteiger partial charge in [-0.2, -0.15) is 8.42 Å². The van der Waals surface area contributed by atoms with Crippen molar-refractivity contribution >= 4 is 27.8 Å². The SMILES string of the molecule is O=S(=O)(O)O.[AlH3].[Fe].[Zn]. The molecule has 0 radical (unpaired) electrons. The van der Waals surface area contributed by atoms with Crippen molar-refractivity contribution in [1.29, 1.82) is 0 Å². The molecule has 4 nitrogen and oxygen atoms in total. The molecule has 0 aromatic carbocycles. The van der Waals surface area contributed by atoms with Crippen molar-refractivity contribution in [1.82, 2.24) is 0 Å². The van der Waals surface area contributed by atoms with Gasteiger partial charge in [-0.25, -0.2) is 0 Å². The Kier molecular flexibility index (Phi) is 24.2. The van der Waals surface area contributed by atoms with Gasteiger partial charge in [0.2, 0.25) is 0 Å². The quantitative estimate of drug-likeness (QED) is 0.391. The average Bonchev–Trinajstić information content (AvgIpc) is 0.722. The fourth-order valence-electron chi connectivity index (χ4n) is 0. The number of hydrogen-bond acceptors (Lipinski definition) is 2. The van der Waals surface area contributed by atoms with Crippen LogP contribution in [0.2, 0.25) is 0 Å². The Balaban J connectivity index is -0.0000000267. The predicted molar refractivity (Wildman–Crippen MR) is 24.1 cm³/mol. The minimum Gasteiger partial charge on any atom is -0.264 e. The molecule has 0 aliphatic rings. The third kappa shape index (κ3) is 135. The van der Waals surface area contributed by atoms with E-state index >= 15 is 0 Å². The van der Waals surface area contributed by atoms with Crippen LogP contribution >= 0.6 is 0 Å². The Labute approximate surface area is 81.4 Å². The van der Waals surface area contributed by atoms with E-state index in [1.54, 1.807) is 0 Å². The van der Waals surface area contributed by atoms with Gasteiger partial charge in [0.05, 0.1) is 0 Å². The predicted octanol–water partition coefficient (Wildman–Crippen LogP) is -1.84. The van der Waals surface area contributed by atoms with E-state index in [-0.39, 0.29) is 53.9 Å². The minimum atomic E-state index is -4.67. The van der Waals surface area contributed by atoms with Crippen molar-refractivity contribution in [3.05, 3.63) is 0 Å². The average molecular weight is 249 g/mol. The maximum Gasteiger partial charge on any atom is 0.394 e. The van der Waals surface area contributed by atoms with Crippen molar-refractivity contribution < 1.29 is 54.1 Å². The van der Waals surface area contributed by atoms with Crippen molar-refractivity contribution in [2.24, 2.45) is 0 Å². The Hall–Kier alpha value is 1.55. The molecular formula is H5AlFeO4SZn. The standard InChI is InChI=1S/Al.Fe.H2O4S.Zn.3H/c;;1-5(2,3)4;;;;/h;;(H2,1,2,3,4);;;;. The summed E-state index contributed by atoms with van der Waals surface area (Å²) >= 11 is 0. The van der Waals surface area contributed by atoms with Crippen LogP contribution in [-0.4, -0.2) is 34.9 Å². The van der Waals surface area contributed by atoms with E-state index in [0.717, 1.165) is 0 Å². The molecule has 2 N–H and O–H groups in total. The fraction of sp³-hybridized carbons (Fsp3) is 0. The molecule has 0 aliphatic carbocycles. The van der Waals surface area contributed by atoms with Gasteiger partial charge in [-0.15, -0.1) is 0 Å². The minimum absolute atomic E-state index is 0. The molecule has 0 amide bonds. The summed E-state index contributed by atoms with van der Waals surface area (Å²) in [5, 5.41) is 0. The van der Waals surface area contributed by atoms with E-state index in [9.17, 15) is 0 Å². The Morgan fingerprint density at radius 3 is 1.12 bits per heavy atom. The fourth-order valence-corrected chi connectivity index (χ4v) is 0. The molecule has 0 bridgehead atoms. The van der Waals surface area contributed by atoms with E-state index in [1.807, 2.05) is 0 Å². The first-order valence-corrected chi connectivity index (χ1v) is 2.10. The van der Waals surface area contributed by atoms with Crippen LogP contribution in [0.5, 0.6) is 0 Å². The third-order valence-electron chi connectivity index (χ3n) is 0. The molecule has 8 heavy (non-hydrogen) atoms. The normalized spacial score (nSPS) is 7.25. The van der Waals surface area contributed by atoms with Crippen molar-refractivity contribution in [2.45, 2.75) is 0 Å². The van der Waals surface area contributed by atoms with Gasteiger partial charge < -0.3 is 0 Å². The van der Waals surface area contributed by atoms with Crippen molar-refractivity contribution in [3.8, 4) is 0 Å². The zero-order chi connectivity index (χ0) is 4.50. The molecule has 0 aromatic heterocycles. The second kappa shape index (κ2) is 8.55. The van der Waals surface area contributed by atoms with Gasteiger partial charge in [0.1, 0.15) is 0 Å². The number of hydrogen-bond donors (Lipinski definition) is 2. The topological polar surface area (TPSA) is 74.6 Å². The summed E-state index contributed by atoms with van der Waals surface area (Å²) in [6, 6.07) is 0. The van der Waals surface area contributed by atoms with Crippen LogP contribution in [0.3, 0.4) is 0 Å². The maximum atomic E-state index is 8.74. The smallest absolute Gasteiger partial charge is 0.264 e. The van der Waals surface area contributed by atoms with Gasteiger partial charge in [0.25, 0.3) is 0 Å². The Bertz CT molecular complexity index is 99.2. The van der Waals surface area contributed by atoms with E-state index < -0.39 is 10.4 Å². The van der Waals surface area contributed by atoms with Gasteiger partial charge in [-0.3, -0.25) is 9.11 Å². The summed E-state index contributed by atoms with van der Waals surface area (Å²) in [5.41, 5.74) is 0. The summed E-state index contributed by atoms with van der Waals surface area (Å²) in [5.74, 6) is 0. The van der Waals surface area contributed by atoms with E-state index in [0.29, 0.717) is 0 Å². The third-order valence-corrected chi connectivity index (χ3v) is 0. The van der Waals surface area contributed by atoms with Crippen LogP contribution in [0.25, 0.3) is 0 Å². The molecule has 8 heteroatoms. The van der Waals surface area contributed by atoms with Crippen LogP contribution in [0.1, 0.15) is 0 Å². The van der Waals surface area contributed by atoms with Crippen LogP contribution in [0.4, 0.5) is 0 Å². The van der Waals surface area contributed by atoms with Gasteiger partial charge in [-0.1, -0.05) is 0 Å². The van der Waals surface area contributed by atoms with Gasteiger partial charge in [-0.05, 0) is 0 Å². The van der Waals surface area contributed by atoms with Gasteiger partial charge in [0, 0.05) is 36.5 Å². The Morgan fingerprint density at radius 2 is 1.12 bits per heavy atom. The Morgan fingerprint density at radius 1 is 1.12 bits per heavy atom. The molecule has 0 saturated carbocycles. The molecule has 0 aromatic rings. The second-order valence-corrected chi connectivity index (χ2v) is 1.34. The van der Waals surface area contributed by atoms with Crippen LogP contribution in [0, 0.1) is 0 Å². The zero-order valence-electron chi connectivity index (χ0n) is 3.18. The maximum absolute atomic E-state index is 8.74. The molecule has 0 rings (SSSR count). The summed E-state index contributed by atoms with van der Waals surface area (Å²) in [6.07, 6.45) is 0. The second-order valence-electron chi connectivity index (χ2n) is 0.448. The van der Waals surface area contributed by atoms with E-state index in [4.69, 9.17) is 17.5 Å². The van der Waals surface area contributed by atoms with Crippen LogP contribution < -0.4 is 0 Å². The molecule has 0 fully saturated rings. The van der Waals surface area contributed by atoms with E-state index in [1.165, 1.54) is 0 Å². The summed E-state index contributed by atoms with van der Waals surface area (Å²) in [6.45, 7) is 0. The van der Waals surface area contributed by atoms with Gasteiger partial charge in [0.15, 0.2) is 17.4 Å². The zero-order valence-corrected chi connectivity index (χ0v) is 8.07. The summed E-state index contributed by atoms with van der Waals surface area (Å²) < 4.78 is 31.6. The van der Waals surface area contributed by atoms with Crippen LogP contribution in [0.15, 0.2) is 0 Å². The molecular weight excluding hydrogens is 244 g/mol. The van der Waals surface area contributed by atoms with Gasteiger partial charge >= 0.3 is 10.4 Å². The van der Waals surface area contributed by atoms with Crippen molar-refractivity contribution in [3.63, 3.8) is 0 Å². The van der Waals surface area contributed by atoms with Crippen LogP contribution in [-0.2, 0) is 46.9 Å². The molecule has 0 spiro atoms. The first kappa shape index (κ1) is 22.7. The van der Waals surface area contributed by atoms with Crippen molar-refractivity contribution in [2.75, 3.05) is 0 Å². The summed E-state index contributed by atoms with van der Waals surface area (Å²) in [7, 11) is -4.67. The molecule has 48 valence electrons. The largest absolute Gasteiger partial charge is 0.394 e. The van der Waals surface area contributed by atoms with E-state index in [2.05, 4.69) is 0 Å². The first-order valence-electron chi connectivity index (χ1n) is 0.698. The molecule has 0 unspecified atom stereocenters. The molecule has 0 saturated heterocycles. The molecule has 0 aliphatic heterocycles. The monoisotopic (exact) mass is 248 g/mol.